The zero-order valence-corrected chi connectivity index (χ0v) is 17.7. The van der Waals surface area contributed by atoms with Crippen LogP contribution in [0.4, 0.5) is 11.5 Å². The van der Waals surface area contributed by atoms with E-state index in [-0.39, 0.29) is 10.8 Å². The summed E-state index contributed by atoms with van der Waals surface area (Å²) < 4.78 is 25.3. The predicted molar refractivity (Wildman–Crippen MR) is 118 cm³/mol. The number of nitrogens with one attached hydrogen (secondary N) is 2. The molecule has 1 aliphatic heterocycles. The van der Waals surface area contributed by atoms with E-state index in [1.54, 1.807) is 12.3 Å². The molecule has 0 unspecified atom stereocenters. The third-order valence-corrected chi connectivity index (χ3v) is 6.55. The second-order valence-corrected chi connectivity index (χ2v) is 9.51. The Kier molecular flexibility index (Phi) is 4.30. The van der Waals surface area contributed by atoms with Gasteiger partial charge in [-0.25, -0.2) is 18.4 Å². The largest absolute Gasteiger partial charge is 0.348 e. The lowest BCUT2D eigenvalue weighted by atomic mass is 9.94. The molecule has 1 amide bonds. The maximum atomic E-state index is 12.6. The van der Waals surface area contributed by atoms with Crippen LogP contribution in [0.2, 0.25) is 0 Å². The standard InChI is InChI=1S/C22H19N5O3S/c1-27-10-8-16-15(7-9-23-21(16)27)14-4-5-18(20-17(14)12-25-22(20)28)26-19-6-3-13(11-24-19)31(2,29)30/h3-11H,12H2,1-2H3,(H,24,26)(H,25,28). The summed E-state index contributed by atoms with van der Waals surface area (Å²) in [5.41, 5.74) is 4.94. The van der Waals surface area contributed by atoms with E-state index in [1.165, 1.54) is 12.3 Å². The zero-order chi connectivity index (χ0) is 21.8. The number of carbonyl (C=O) groups excluding carboxylic acids is 1. The number of carbonyl (C=O) groups is 1. The first-order chi connectivity index (χ1) is 14.8. The average Bonchev–Trinajstić information content (AvgIpc) is 3.32. The molecule has 5 rings (SSSR count). The van der Waals surface area contributed by atoms with Crippen LogP contribution >= 0.6 is 0 Å². The first-order valence-electron chi connectivity index (χ1n) is 9.60. The first-order valence-corrected chi connectivity index (χ1v) is 11.5. The molecule has 0 radical (unpaired) electrons. The molecule has 31 heavy (non-hydrogen) atoms. The summed E-state index contributed by atoms with van der Waals surface area (Å²) in [4.78, 5) is 21.4. The number of hydrogen-bond donors (Lipinski definition) is 2. The lowest BCUT2D eigenvalue weighted by Gasteiger charge is -2.14. The molecule has 0 spiro atoms. The van der Waals surface area contributed by atoms with E-state index in [0.717, 1.165) is 34.0 Å². The fraction of sp³-hybridized carbons (Fsp3) is 0.136. The van der Waals surface area contributed by atoms with Gasteiger partial charge in [-0.1, -0.05) is 6.07 Å². The molecule has 0 saturated heterocycles. The number of benzene rings is 1. The molecule has 0 aliphatic carbocycles. The second kappa shape index (κ2) is 6.92. The third kappa shape index (κ3) is 3.23. The Balaban J connectivity index is 1.59. The molecule has 8 nitrogen and oxygen atoms in total. The van der Waals surface area contributed by atoms with Gasteiger partial charge in [-0.05, 0) is 47.0 Å². The zero-order valence-electron chi connectivity index (χ0n) is 16.9. The van der Waals surface area contributed by atoms with E-state index in [0.29, 0.717) is 23.6 Å². The monoisotopic (exact) mass is 433 g/mol. The molecule has 0 fully saturated rings. The molecule has 1 aromatic carbocycles. The molecule has 0 bridgehead atoms. The van der Waals surface area contributed by atoms with Crippen LogP contribution in [0.5, 0.6) is 0 Å². The van der Waals surface area contributed by atoms with Crippen molar-refractivity contribution < 1.29 is 13.2 Å². The number of hydrogen-bond acceptors (Lipinski definition) is 6. The van der Waals surface area contributed by atoms with Gasteiger partial charge >= 0.3 is 0 Å². The molecule has 4 heterocycles. The number of aryl methyl sites for hydroxylation is 1. The van der Waals surface area contributed by atoms with E-state index in [4.69, 9.17) is 0 Å². The topological polar surface area (TPSA) is 106 Å². The second-order valence-electron chi connectivity index (χ2n) is 7.50. The Morgan fingerprint density at radius 3 is 2.65 bits per heavy atom. The van der Waals surface area contributed by atoms with Crippen molar-refractivity contribution in [3.63, 3.8) is 0 Å². The Bertz CT molecular complexity index is 1460. The summed E-state index contributed by atoms with van der Waals surface area (Å²) >= 11 is 0. The number of nitrogens with zero attached hydrogens (tertiary/aromatic N) is 3. The van der Waals surface area contributed by atoms with Crippen molar-refractivity contribution in [3.05, 3.63) is 66.1 Å². The maximum absolute atomic E-state index is 12.6. The normalized spacial score (nSPS) is 13.3. The van der Waals surface area contributed by atoms with Crippen LogP contribution in [-0.2, 0) is 23.4 Å². The summed E-state index contributed by atoms with van der Waals surface area (Å²) in [6, 6.07) is 10.9. The molecule has 9 heteroatoms. The van der Waals surface area contributed by atoms with Crippen molar-refractivity contribution >= 4 is 38.3 Å². The Morgan fingerprint density at radius 1 is 1.06 bits per heavy atom. The molecule has 2 N–H and O–H groups in total. The molecule has 0 atom stereocenters. The summed E-state index contributed by atoms with van der Waals surface area (Å²) in [7, 11) is -1.38. The van der Waals surface area contributed by atoms with E-state index in [9.17, 15) is 13.2 Å². The maximum Gasteiger partial charge on any atom is 0.254 e. The smallest absolute Gasteiger partial charge is 0.254 e. The molecular formula is C22H19N5O3S. The summed E-state index contributed by atoms with van der Waals surface area (Å²) in [6.45, 7) is 0.427. The number of sulfone groups is 1. The lowest BCUT2D eigenvalue weighted by molar-refractivity contribution is 0.0966. The van der Waals surface area contributed by atoms with Crippen LogP contribution in [0.1, 0.15) is 15.9 Å². The number of fused-ring (bicyclic) bond motifs is 2. The van der Waals surface area contributed by atoms with Gasteiger partial charge in [-0.15, -0.1) is 0 Å². The summed E-state index contributed by atoms with van der Waals surface area (Å²) in [5.74, 6) is 0.293. The van der Waals surface area contributed by atoms with Gasteiger partial charge in [0.1, 0.15) is 11.5 Å². The Labute approximate surface area is 178 Å². The molecule has 3 aromatic heterocycles. The number of anilines is 2. The molecular weight excluding hydrogens is 414 g/mol. The van der Waals surface area contributed by atoms with Gasteiger partial charge in [0.2, 0.25) is 0 Å². The van der Waals surface area contributed by atoms with E-state index in [1.807, 2.05) is 42.1 Å². The van der Waals surface area contributed by atoms with Crippen LogP contribution in [0.25, 0.3) is 22.2 Å². The number of pyridine rings is 2. The van der Waals surface area contributed by atoms with Crippen molar-refractivity contribution in [3.8, 4) is 11.1 Å². The number of aromatic nitrogens is 3. The predicted octanol–water partition coefficient (Wildman–Crippen LogP) is 3.03. The highest BCUT2D eigenvalue weighted by Gasteiger charge is 2.27. The van der Waals surface area contributed by atoms with Crippen LogP contribution in [0.15, 0.2) is 59.9 Å². The van der Waals surface area contributed by atoms with Crippen molar-refractivity contribution in [2.45, 2.75) is 11.4 Å². The van der Waals surface area contributed by atoms with Crippen LogP contribution in [0.3, 0.4) is 0 Å². The minimum absolute atomic E-state index is 0.140. The average molecular weight is 433 g/mol. The van der Waals surface area contributed by atoms with Crippen molar-refractivity contribution in [2.24, 2.45) is 7.05 Å². The van der Waals surface area contributed by atoms with Crippen LogP contribution in [-0.4, -0.2) is 35.1 Å². The van der Waals surface area contributed by atoms with Gasteiger partial charge in [0.25, 0.3) is 5.91 Å². The fourth-order valence-corrected chi connectivity index (χ4v) is 4.47. The van der Waals surface area contributed by atoms with Crippen molar-refractivity contribution in [1.29, 1.82) is 0 Å². The van der Waals surface area contributed by atoms with Crippen molar-refractivity contribution in [1.82, 2.24) is 19.9 Å². The highest BCUT2D eigenvalue weighted by atomic mass is 32.2. The van der Waals surface area contributed by atoms with Crippen LogP contribution < -0.4 is 10.6 Å². The highest BCUT2D eigenvalue weighted by molar-refractivity contribution is 7.90. The van der Waals surface area contributed by atoms with Gasteiger partial charge < -0.3 is 15.2 Å². The minimum Gasteiger partial charge on any atom is -0.348 e. The molecule has 4 aromatic rings. The summed E-state index contributed by atoms with van der Waals surface area (Å²) in [5, 5.41) is 7.07. The number of amides is 1. The SMILES string of the molecule is Cn1ccc2c(-c3ccc(Nc4ccc(S(C)(=O)=O)cn4)c4c3CNC4=O)ccnc21. The van der Waals surface area contributed by atoms with E-state index >= 15 is 0 Å². The van der Waals surface area contributed by atoms with Gasteiger partial charge in [-0.2, -0.15) is 0 Å². The van der Waals surface area contributed by atoms with Gasteiger partial charge in [0.05, 0.1) is 16.1 Å². The Hall–Kier alpha value is -3.72. The molecule has 1 aliphatic rings. The quantitative estimate of drug-likeness (QED) is 0.512. The van der Waals surface area contributed by atoms with Gasteiger partial charge in [0, 0.05) is 43.8 Å². The highest BCUT2D eigenvalue weighted by Crippen LogP contribution is 2.37. The van der Waals surface area contributed by atoms with Crippen molar-refractivity contribution in [2.75, 3.05) is 11.6 Å². The van der Waals surface area contributed by atoms with Crippen LogP contribution in [0, 0.1) is 0 Å². The molecule has 156 valence electrons. The summed E-state index contributed by atoms with van der Waals surface area (Å²) in [6.07, 6.45) is 6.17. The van der Waals surface area contributed by atoms with Gasteiger partial charge in [0.15, 0.2) is 9.84 Å². The third-order valence-electron chi connectivity index (χ3n) is 5.45. The lowest BCUT2D eigenvalue weighted by Crippen LogP contribution is -2.13. The first kappa shape index (κ1) is 19.3. The Morgan fingerprint density at radius 2 is 1.90 bits per heavy atom. The fourth-order valence-electron chi connectivity index (χ4n) is 3.92. The molecule has 0 saturated carbocycles. The number of rotatable bonds is 4. The van der Waals surface area contributed by atoms with E-state index in [2.05, 4.69) is 20.6 Å². The van der Waals surface area contributed by atoms with E-state index < -0.39 is 9.84 Å². The minimum atomic E-state index is -3.32. The van der Waals surface area contributed by atoms with Gasteiger partial charge in [-0.3, -0.25) is 4.79 Å².